The number of anilines is 1. The molecule has 214 valence electrons. The van der Waals surface area contributed by atoms with Gasteiger partial charge < -0.3 is 14.8 Å². The summed E-state index contributed by atoms with van der Waals surface area (Å²) in [6, 6.07) is 24.9. The number of aromatic nitrogens is 2. The number of nitrogens with one attached hydrogen (secondary N) is 2. The summed E-state index contributed by atoms with van der Waals surface area (Å²) in [5.74, 6) is 0.734. The van der Waals surface area contributed by atoms with Crippen molar-refractivity contribution in [3.63, 3.8) is 0 Å². The summed E-state index contributed by atoms with van der Waals surface area (Å²) in [6.45, 7) is 4.73. The predicted molar refractivity (Wildman–Crippen MR) is 161 cm³/mol. The Labute approximate surface area is 243 Å². The predicted octanol–water partition coefficient (Wildman–Crippen LogP) is 5.37. The van der Waals surface area contributed by atoms with Crippen LogP contribution in [-0.2, 0) is 17.9 Å². The molecule has 2 aliphatic rings. The molecule has 0 bridgehead atoms. The van der Waals surface area contributed by atoms with E-state index in [4.69, 9.17) is 9.47 Å². The van der Waals surface area contributed by atoms with Crippen molar-refractivity contribution in [1.29, 1.82) is 0 Å². The van der Waals surface area contributed by atoms with Gasteiger partial charge in [-0.3, -0.25) is 19.1 Å². The topological polar surface area (TPSA) is 102 Å². The molecule has 0 fully saturated rings. The lowest BCUT2D eigenvalue weighted by Crippen LogP contribution is -2.42. The highest BCUT2D eigenvalue weighted by Gasteiger charge is 2.43. The van der Waals surface area contributed by atoms with Crippen LogP contribution in [0.5, 0.6) is 11.5 Å². The molecular weight excluding hydrogens is 530 g/mol. The molecule has 42 heavy (non-hydrogen) atoms. The number of carbonyl (C=O) groups is 1. The Bertz CT molecular complexity index is 1800. The minimum Gasteiger partial charge on any atom is -0.493 e. The highest BCUT2D eigenvalue weighted by molar-refractivity contribution is 6.01. The second-order valence-corrected chi connectivity index (χ2v) is 11.7. The van der Waals surface area contributed by atoms with Crippen LogP contribution in [0.3, 0.4) is 0 Å². The highest BCUT2D eigenvalue weighted by Crippen LogP contribution is 2.48. The number of carbonyl (C=O) groups excluding carboxylic acids is 1. The van der Waals surface area contributed by atoms with Crippen LogP contribution in [0.4, 0.5) is 5.82 Å². The third-order valence-corrected chi connectivity index (χ3v) is 7.94. The molecule has 8 nitrogen and oxygen atoms in total. The number of ether oxygens (including phenoxy) is 2. The minimum atomic E-state index is -0.691. The maximum atomic E-state index is 13.7. The third kappa shape index (κ3) is 5.16. The van der Waals surface area contributed by atoms with E-state index in [1.807, 2.05) is 78.9 Å². The third-order valence-electron chi connectivity index (χ3n) is 7.94. The molecule has 2 N–H and O–H groups in total. The van der Waals surface area contributed by atoms with Gasteiger partial charge in [0.1, 0.15) is 12.4 Å². The van der Waals surface area contributed by atoms with Gasteiger partial charge in [0.2, 0.25) is 0 Å². The summed E-state index contributed by atoms with van der Waals surface area (Å²) in [6.07, 6.45) is 0.960. The summed E-state index contributed by atoms with van der Waals surface area (Å²) >= 11 is 0. The van der Waals surface area contributed by atoms with E-state index < -0.39 is 17.2 Å². The fourth-order valence-electron chi connectivity index (χ4n) is 6.03. The van der Waals surface area contributed by atoms with E-state index in [2.05, 4.69) is 24.1 Å². The monoisotopic (exact) mass is 563 g/mol. The number of ketones is 1. The number of allylic oxidation sites excluding steroid dienone is 2. The number of H-pyrrole nitrogens is 1. The van der Waals surface area contributed by atoms with Gasteiger partial charge in [0.05, 0.1) is 19.2 Å². The lowest BCUT2D eigenvalue weighted by Gasteiger charge is -2.39. The molecule has 0 spiro atoms. The summed E-state index contributed by atoms with van der Waals surface area (Å²) in [7, 11) is 1.56. The smallest absolute Gasteiger partial charge is 0.330 e. The second kappa shape index (κ2) is 10.9. The molecule has 1 aromatic heterocycles. The zero-order valence-corrected chi connectivity index (χ0v) is 23.9. The van der Waals surface area contributed by atoms with Crippen LogP contribution in [0.25, 0.3) is 0 Å². The molecule has 1 aliphatic heterocycles. The van der Waals surface area contributed by atoms with Crippen LogP contribution >= 0.6 is 0 Å². The standard InChI is InChI=1S/C34H33N3O5/c1-34(2)17-24-29(25(38)18-34)28(23-14-15-26(27(16-23)41-3)42-20-22-12-8-5-9-13-22)30-31(35-24)37(33(40)36-32(30)39)19-21-10-6-4-7-11-21/h4-16,28,35H,17-20H2,1-3H3,(H,36,39,40). The number of methoxy groups -OCH3 is 1. The number of fused-ring (bicyclic) bond motifs is 1. The number of rotatable bonds is 7. The van der Waals surface area contributed by atoms with E-state index >= 15 is 0 Å². The summed E-state index contributed by atoms with van der Waals surface area (Å²) in [4.78, 5) is 43.0. The van der Waals surface area contributed by atoms with E-state index in [-0.39, 0.29) is 17.7 Å². The van der Waals surface area contributed by atoms with Crippen molar-refractivity contribution < 1.29 is 14.3 Å². The molecule has 0 saturated carbocycles. The van der Waals surface area contributed by atoms with Gasteiger partial charge in [0, 0.05) is 23.6 Å². The number of nitrogens with zero attached hydrogens (tertiary/aromatic N) is 1. The van der Waals surface area contributed by atoms with Gasteiger partial charge in [0.15, 0.2) is 17.3 Å². The van der Waals surface area contributed by atoms with Crippen LogP contribution in [-0.4, -0.2) is 22.4 Å². The SMILES string of the molecule is COc1cc(C2C3=C(CC(C)(C)CC3=O)Nc3c2c(=O)[nH]c(=O)n3Cc2ccccc2)ccc1OCc1ccccc1. The van der Waals surface area contributed by atoms with Crippen LogP contribution in [0.2, 0.25) is 0 Å². The maximum absolute atomic E-state index is 13.7. The number of hydrogen-bond acceptors (Lipinski definition) is 6. The van der Waals surface area contributed by atoms with Crippen LogP contribution in [0.1, 0.15) is 54.9 Å². The second-order valence-electron chi connectivity index (χ2n) is 11.7. The largest absolute Gasteiger partial charge is 0.493 e. The zero-order valence-electron chi connectivity index (χ0n) is 23.9. The average Bonchev–Trinajstić information content (AvgIpc) is 2.97. The van der Waals surface area contributed by atoms with E-state index in [9.17, 15) is 14.4 Å². The molecule has 0 amide bonds. The molecule has 0 saturated heterocycles. The Balaban J connectivity index is 1.49. The summed E-state index contributed by atoms with van der Waals surface area (Å²) < 4.78 is 13.3. The fraction of sp³-hybridized carbons (Fsp3) is 0.265. The van der Waals surface area contributed by atoms with Crippen molar-refractivity contribution in [2.45, 2.75) is 45.8 Å². The number of benzene rings is 3. The first-order valence-electron chi connectivity index (χ1n) is 14.0. The maximum Gasteiger partial charge on any atom is 0.330 e. The van der Waals surface area contributed by atoms with Crippen molar-refractivity contribution in [3.05, 3.63) is 133 Å². The van der Waals surface area contributed by atoms with Gasteiger partial charge in [0.25, 0.3) is 5.56 Å². The van der Waals surface area contributed by atoms with Gasteiger partial charge in [-0.25, -0.2) is 4.79 Å². The molecule has 3 aromatic carbocycles. The number of aromatic amines is 1. The van der Waals surface area contributed by atoms with Gasteiger partial charge >= 0.3 is 5.69 Å². The first kappa shape index (κ1) is 27.3. The molecule has 1 atom stereocenters. The van der Waals surface area contributed by atoms with E-state index in [0.29, 0.717) is 53.5 Å². The van der Waals surface area contributed by atoms with Crippen LogP contribution in [0, 0.1) is 5.41 Å². The lowest BCUT2D eigenvalue weighted by molar-refractivity contribution is -0.118. The molecular formula is C34H33N3O5. The first-order valence-corrected chi connectivity index (χ1v) is 14.0. The number of Topliss-reactive ketones (excluding diaryl/α,β-unsaturated/α-hetero) is 1. The normalized spacial score (nSPS) is 17.2. The van der Waals surface area contributed by atoms with E-state index in [1.54, 1.807) is 11.7 Å². The summed E-state index contributed by atoms with van der Waals surface area (Å²) in [5.41, 5.74) is 2.95. The Morgan fingerprint density at radius 2 is 1.57 bits per heavy atom. The van der Waals surface area contributed by atoms with Gasteiger partial charge in [-0.15, -0.1) is 0 Å². The zero-order chi connectivity index (χ0) is 29.4. The number of hydrogen-bond donors (Lipinski definition) is 2. The average molecular weight is 564 g/mol. The highest BCUT2D eigenvalue weighted by atomic mass is 16.5. The Morgan fingerprint density at radius 1 is 0.881 bits per heavy atom. The Morgan fingerprint density at radius 3 is 2.26 bits per heavy atom. The molecule has 1 aliphatic carbocycles. The molecule has 8 heteroatoms. The van der Waals surface area contributed by atoms with Gasteiger partial charge in [-0.1, -0.05) is 80.6 Å². The minimum absolute atomic E-state index is 0.0204. The Hall–Kier alpha value is -4.85. The van der Waals surface area contributed by atoms with Crippen molar-refractivity contribution in [2.75, 3.05) is 12.4 Å². The van der Waals surface area contributed by atoms with Gasteiger partial charge in [-0.2, -0.15) is 0 Å². The van der Waals surface area contributed by atoms with Crippen LogP contribution in [0.15, 0.2) is 99.7 Å². The first-order chi connectivity index (χ1) is 20.2. The molecule has 2 heterocycles. The lowest BCUT2D eigenvalue weighted by atomic mass is 9.69. The van der Waals surface area contributed by atoms with Crippen molar-refractivity contribution in [3.8, 4) is 11.5 Å². The fourth-order valence-corrected chi connectivity index (χ4v) is 6.03. The van der Waals surface area contributed by atoms with E-state index in [0.717, 1.165) is 16.8 Å². The molecule has 4 aromatic rings. The van der Waals surface area contributed by atoms with Crippen molar-refractivity contribution in [1.82, 2.24) is 9.55 Å². The molecule has 1 unspecified atom stereocenters. The van der Waals surface area contributed by atoms with Crippen molar-refractivity contribution >= 4 is 11.6 Å². The van der Waals surface area contributed by atoms with E-state index in [1.165, 1.54) is 0 Å². The molecule has 6 rings (SSSR count). The summed E-state index contributed by atoms with van der Waals surface area (Å²) in [5, 5.41) is 3.38. The van der Waals surface area contributed by atoms with Gasteiger partial charge in [-0.05, 0) is 40.7 Å². The quantitative estimate of drug-likeness (QED) is 0.313. The van der Waals surface area contributed by atoms with Crippen LogP contribution < -0.4 is 26.0 Å². The molecule has 0 radical (unpaired) electrons. The Kier molecular flexibility index (Phi) is 7.06. The van der Waals surface area contributed by atoms with Crippen molar-refractivity contribution in [2.24, 2.45) is 5.41 Å².